The largest absolute Gasteiger partial charge is 0.264 e. The molecule has 10 heterocycles. The lowest BCUT2D eigenvalue weighted by Crippen LogP contribution is -1.86. The van der Waals surface area contributed by atoms with Gasteiger partial charge in [0.2, 0.25) is 0 Å². The Bertz CT molecular complexity index is 2490. The van der Waals surface area contributed by atoms with Gasteiger partial charge in [0, 0.05) is 120 Å². The summed E-state index contributed by atoms with van der Waals surface area (Å²) in [5.74, 6) is 2.50. The topological polar surface area (TPSA) is 180 Å². The maximum atomic E-state index is 4.17. The van der Waals surface area contributed by atoms with Gasteiger partial charge in [-0.3, -0.25) is 39.9 Å². The standard InChI is InChI=1S/6C7H9N.4C6H8N2.10C2H6/c1-6-3-7(2)5-8-4-6;2*1-6-3-4-8-7(2)5-6;2*1-6-3-4-7(2)8-5-6;1-6-4-3-5-7(2)8-6;1-5-3-8-6(2)4-7-5;2*1-5-3-7-6(2)8-4-5;1-5-3-4-7-6(2)8-5;10*1-2/h6*3-5H,1-2H3;4*3-4H,1-2H3;10*1-2H3. The minimum Gasteiger partial charge on any atom is -0.264 e. The lowest BCUT2D eigenvalue weighted by Gasteiger charge is -1.90. The van der Waals surface area contributed by atoms with Crippen LogP contribution >= 0.6 is 0 Å². The predicted octanol–water partition coefficient (Wildman–Crippen LogP) is 24.8. The van der Waals surface area contributed by atoms with E-state index in [1.165, 1.54) is 33.4 Å². The highest BCUT2D eigenvalue weighted by Crippen LogP contribution is 2.00. The highest BCUT2D eigenvalue weighted by atomic mass is 14.9. The van der Waals surface area contributed by atoms with Gasteiger partial charge in [0.1, 0.15) is 17.5 Å². The van der Waals surface area contributed by atoms with E-state index in [1.807, 2.05) is 374 Å². The monoisotopic (exact) mass is 1380 g/mol. The van der Waals surface area contributed by atoms with Crippen LogP contribution in [0.4, 0.5) is 0 Å². The van der Waals surface area contributed by atoms with E-state index in [0.29, 0.717) is 0 Å². The van der Waals surface area contributed by atoms with E-state index in [2.05, 4.69) is 114 Å². The SMILES string of the molecule is CC.CC.CC.CC.CC.CC.CC.CC.CC.CC.Cc1ccc(C)nc1.Cc1ccc(C)nc1.Cc1cccc(C)n1.Cc1ccnc(C)c1.Cc1ccnc(C)c1.Cc1ccnc(C)n1.Cc1cnc(C)cn1.Cc1cnc(C)nc1.Cc1cnc(C)nc1.Cc1cncc(C)c1. The zero-order chi connectivity index (χ0) is 79.8. The van der Waals surface area contributed by atoms with Crippen LogP contribution in [0.5, 0.6) is 0 Å². The summed E-state index contributed by atoms with van der Waals surface area (Å²) in [5, 5.41) is 0. The molecule has 0 aliphatic carbocycles. The molecule has 0 bridgehead atoms. The number of hydrogen-bond acceptors (Lipinski definition) is 14. The van der Waals surface area contributed by atoms with E-state index in [4.69, 9.17) is 0 Å². The van der Waals surface area contributed by atoms with Gasteiger partial charge in [0.05, 0.1) is 11.4 Å². The van der Waals surface area contributed by atoms with Gasteiger partial charge in [-0.1, -0.05) is 163 Å². The summed E-state index contributed by atoms with van der Waals surface area (Å²) in [4.78, 5) is 56.3. The molecule has 10 aromatic heterocycles. The van der Waals surface area contributed by atoms with Crippen molar-refractivity contribution in [3.8, 4) is 0 Å². The molecule has 10 aromatic rings. The van der Waals surface area contributed by atoms with Crippen LogP contribution in [0.3, 0.4) is 0 Å². The average molecular weight is 1380 g/mol. The molecule has 10 rings (SSSR count). The van der Waals surface area contributed by atoms with E-state index in [0.717, 1.165) is 79.8 Å². The first-order chi connectivity index (χ1) is 47.9. The molecule has 100 heavy (non-hydrogen) atoms. The third-order valence-corrected chi connectivity index (χ3v) is 9.91. The third-order valence-electron chi connectivity index (χ3n) is 9.91. The van der Waals surface area contributed by atoms with Crippen molar-refractivity contribution in [3.05, 3.63) is 273 Å². The maximum Gasteiger partial charge on any atom is 0.125 e. The zero-order valence-corrected chi connectivity index (χ0v) is 71.3. The van der Waals surface area contributed by atoms with Gasteiger partial charge in [0.15, 0.2) is 0 Å². The Morgan fingerprint density at radius 2 is 0.460 bits per heavy atom. The first-order valence-electron chi connectivity index (χ1n) is 36.3. The number of aryl methyl sites for hydroxylation is 20. The van der Waals surface area contributed by atoms with Crippen LogP contribution in [0, 0.1) is 138 Å². The summed E-state index contributed by atoms with van der Waals surface area (Å²) in [6, 6.07) is 26.2. The number of rotatable bonds is 0. The lowest BCUT2D eigenvalue weighted by molar-refractivity contribution is 1.01. The van der Waals surface area contributed by atoms with Crippen molar-refractivity contribution in [1.29, 1.82) is 0 Å². The summed E-state index contributed by atoms with van der Waals surface area (Å²) >= 11 is 0. The van der Waals surface area contributed by atoms with E-state index >= 15 is 0 Å². The molecule has 14 nitrogen and oxygen atoms in total. The second-order valence-corrected chi connectivity index (χ2v) is 19.0. The molecule has 0 aliphatic heterocycles. The average Bonchev–Trinajstić information content (AvgIpc) is 3.70. The van der Waals surface area contributed by atoms with E-state index in [-0.39, 0.29) is 0 Å². The predicted molar refractivity (Wildman–Crippen MR) is 442 cm³/mol. The molecule has 0 fully saturated rings. The van der Waals surface area contributed by atoms with Gasteiger partial charge in [0.25, 0.3) is 0 Å². The van der Waals surface area contributed by atoms with Crippen LogP contribution in [0.1, 0.15) is 252 Å². The minimum absolute atomic E-state index is 0.829. The van der Waals surface area contributed by atoms with Crippen LogP contribution in [0.25, 0.3) is 0 Å². The molecule has 0 atom stereocenters. The first kappa shape index (κ1) is 113. The Morgan fingerprint density at radius 1 is 0.170 bits per heavy atom. The Kier molecular flexibility index (Phi) is 97.1. The van der Waals surface area contributed by atoms with E-state index < -0.39 is 0 Å². The molecule has 0 amide bonds. The van der Waals surface area contributed by atoms with E-state index in [1.54, 1.807) is 18.6 Å². The summed E-state index contributed by atoms with van der Waals surface area (Å²) < 4.78 is 0. The molecule has 0 aliphatic rings. The highest BCUT2D eigenvalue weighted by Gasteiger charge is 1.89. The smallest absolute Gasteiger partial charge is 0.125 e. The Balaban J connectivity index is -0.000000109. The quantitative estimate of drug-likeness (QED) is 0.140. The molecule has 560 valence electrons. The van der Waals surface area contributed by atoms with Gasteiger partial charge in [-0.25, -0.2) is 29.9 Å². The zero-order valence-electron chi connectivity index (χ0n) is 71.3. The molecule has 0 aromatic carbocycles. The second kappa shape index (κ2) is 86.3. The number of pyridine rings is 6. The molecule has 14 heteroatoms. The van der Waals surface area contributed by atoms with Crippen LogP contribution in [0.2, 0.25) is 0 Å². The lowest BCUT2D eigenvalue weighted by atomic mass is 10.2. The maximum absolute atomic E-state index is 4.17. The Labute approximate surface area is 616 Å². The normalized spacial score (nSPS) is 8.00. The van der Waals surface area contributed by atoms with Crippen LogP contribution < -0.4 is 0 Å². The molecule has 0 N–H and O–H groups in total. The highest BCUT2D eigenvalue weighted by molar-refractivity contribution is 5.16. The van der Waals surface area contributed by atoms with Gasteiger partial charge >= 0.3 is 0 Å². The van der Waals surface area contributed by atoms with Crippen molar-refractivity contribution in [2.45, 2.75) is 277 Å². The summed E-state index contributed by atoms with van der Waals surface area (Å²) in [6.07, 6.45) is 23.6. The molecule has 0 spiro atoms. The number of nitrogens with zero attached hydrogens (tertiary/aromatic N) is 14. The third kappa shape index (κ3) is 83.4. The van der Waals surface area contributed by atoms with Crippen LogP contribution in [-0.4, -0.2) is 69.8 Å². The molecule has 0 radical (unpaired) electrons. The van der Waals surface area contributed by atoms with E-state index in [9.17, 15) is 0 Å². The first-order valence-corrected chi connectivity index (χ1v) is 36.3. The molecular formula is C86H146N14. The van der Waals surface area contributed by atoms with Gasteiger partial charge in [-0.15, -0.1) is 0 Å². The van der Waals surface area contributed by atoms with Crippen molar-refractivity contribution in [2.24, 2.45) is 0 Å². The number of hydrogen-bond donors (Lipinski definition) is 0. The molecule has 0 saturated heterocycles. The Morgan fingerprint density at radius 3 is 0.640 bits per heavy atom. The number of aromatic nitrogens is 14. The Hall–Kier alpha value is -8.78. The molecular weight excluding hydrogens is 1230 g/mol. The van der Waals surface area contributed by atoms with Crippen molar-refractivity contribution in [2.75, 3.05) is 0 Å². The molecule has 0 saturated carbocycles. The van der Waals surface area contributed by atoms with Gasteiger partial charge in [-0.05, 0) is 238 Å². The second-order valence-electron chi connectivity index (χ2n) is 19.0. The summed E-state index contributed by atoms with van der Waals surface area (Å²) in [7, 11) is 0. The van der Waals surface area contributed by atoms with Crippen molar-refractivity contribution in [1.82, 2.24) is 69.8 Å². The summed E-state index contributed by atoms with van der Waals surface area (Å²) in [6.45, 7) is 79.6. The van der Waals surface area contributed by atoms with Crippen LogP contribution in [-0.2, 0) is 0 Å². The fourth-order valence-corrected chi connectivity index (χ4v) is 5.79. The van der Waals surface area contributed by atoms with Crippen molar-refractivity contribution >= 4 is 0 Å². The minimum atomic E-state index is 0.829. The van der Waals surface area contributed by atoms with Crippen molar-refractivity contribution in [3.63, 3.8) is 0 Å². The fourth-order valence-electron chi connectivity index (χ4n) is 5.79. The molecule has 0 unspecified atom stereocenters. The van der Waals surface area contributed by atoms with Crippen LogP contribution in [0.15, 0.2) is 159 Å². The fraction of sp³-hybridized carbons (Fsp3) is 0.465. The van der Waals surface area contributed by atoms with Gasteiger partial charge in [-0.2, -0.15) is 0 Å². The van der Waals surface area contributed by atoms with Crippen molar-refractivity contribution < 1.29 is 0 Å². The van der Waals surface area contributed by atoms with Gasteiger partial charge < -0.3 is 0 Å². The summed E-state index contributed by atoms with van der Waals surface area (Å²) in [5.41, 5.74) is 19.1.